The number of halogens is 6. The zero-order valence-corrected chi connectivity index (χ0v) is 32.1. The van der Waals surface area contributed by atoms with Gasteiger partial charge in [0.05, 0.1) is 18.7 Å². The molecule has 13 heteroatoms. The topological polar surface area (TPSA) is 71.1 Å². The molecule has 7 nitrogen and oxygen atoms in total. The van der Waals surface area contributed by atoms with Gasteiger partial charge in [-0.05, 0) is 93.7 Å². The van der Waals surface area contributed by atoms with Gasteiger partial charge >= 0.3 is 6.09 Å². The van der Waals surface area contributed by atoms with Crippen molar-refractivity contribution in [3.05, 3.63) is 106 Å². The molecule has 1 N–H and O–H groups in total. The first kappa shape index (κ1) is 39.3. The molecule has 2 unspecified atom stereocenters. The molecule has 1 saturated carbocycles. The number of alkyl halides is 3. The molecule has 3 aromatic carbocycles. The van der Waals surface area contributed by atoms with Crippen LogP contribution in [0.2, 0.25) is 0 Å². The lowest BCUT2D eigenvalue weighted by Crippen LogP contribution is -2.64. The van der Waals surface area contributed by atoms with E-state index in [0.29, 0.717) is 50.9 Å². The fourth-order valence-electron chi connectivity index (χ4n) is 6.91. The molecule has 284 valence electrons. The number of fused-ring (bicyclic) bond motifs is 2. The smallest absolute Gasteiger partial charge is 0.411 e. The molecule has 2 heterocycles. The summed E-state index contributed by atoms with van der Waals surface area (Å²) in [6, 6.07) is 16.8. The Morgan fingerprint density at radius 3 is 2.21 bits per heavy atom. The van der Waals surface area contributed by atoms with Gasteiger partial charge in [0.2, 0.25) is 9.61 Å². The minimum atomic E-state index is -1.88. The Labute approximate surface area is 323 Å². The minimum Gasteiger partial charge on any atom is -0.488 e. The number of aryl methyl sites for hydroxylation is 2. The van der Waals surface area contributed by atoms with Gasteiger partial charge in [-0.15, -0.1) is 0 Å². The van der Waals surface area contributed by atoms with Gasteiger partial charge in [0.15, 0.2) is 23.0 Å². The van der Waals surface area contributed by atoms with E-state index in [1.807, 2.05) is 36.1 Å². The lowest BCUT2D eigenvalue weighted by Gasteiger charge is -2.48. The van der Waals surface area contributed by atoms with Crippen LogP contribution in [0.3, 0.4) is 0 Å². The van der Waals surface area contributed by atoms with Crippen molar-refractivity contribution in [2.45, 2.75) is 86.8 Å². The summed E-state index contributed by atoms with van der Waals surface area (Å²) in [4.78, 5) is 32.4. The molecule has 6 rings (SSSR count). The first-order chi connectivity index (χ1) is 25.1. The SMILES string of the molecule is Cc1ccc(CCN(C(=O)C2=C(c3ccc(CCCOc4c(F)ccc(F)c4F)cc3)CC3CNCC2N3C(=O)OC(C)(C)C(Cl)(Cl)Cl)C2CC2)cc1. The van der Waals surface area contributed by atoms with E-state index in [-0.39, 0.29) is 24.6 Å². The largest absolute Gasteiger partial charge is 0.488 e. The molecule has 1 aliphatic carbocycles. The number of rotatable bonds is 12. The van der Waals surface area contributed by atoms with Crippen LogP contribution in [0.5, 0.6) is 5.75 Å². The van der Waals surface area contributed by atoms with Crippen molar-refractivity contribution in [1.82, 2.24) is 15.1 Å². The molecule has 53 heavy (non-hydrogen) atoms. The summed E-state index contributed by atoms with van der Waals surface area (Å²) in [6.45, 7) is 6.45. The molecule has 3 aliphatic rings. The Balaban J connectivity index is 1.27. The van der Waals surface area contributed by atoms with Gasteiger partial charge < -0.3 is 19.7 Å². The standard InChI is InChI=1S/C40H43Cl3F3N3O4/c1-24-6-8-26(9-7-24)18-19-48(28-14-15-28)37(50)34-30(21-29-22-47-23-33(34)49(29)38(51)53-39(2,3)40(41,42)43)27-12-10-25(11-13-27)5-4-20-52-36-32(45)17-16-31(44)35(36)46/h6-13,16-17,28-29,33,47H,4-5,14-15,18-23H2,1-3H3. The van der Waals surface area contributed by atoms with Gasteiger partial charge in [-0.2, -0.15) is 4.39 Å². The molecule has 0 aromatic heterocycles. The fraction of sp³-hybridized carbons (Fsp3) is 0.450. The summed E-state index contributed by atoms with van der Waals surface area (Å²) in [5.41, 5.74) is 4.06. The number of piperazine rings is 1. The zero-order chi connectivity index (χ0) is 38.1. The second-order valence-electron chi connectivity index (χ2n) is 14.5. The van der Waals surface area contributed by atoms with Gasteiger partial charge in [-0.1, -0.05) is 88.9 Å². The number of hydrogen-bond donors (Lipinski definition) is 1. The van der Waals surface area contributed by atoms with Crippen molar-refractivity contribution in [3.63, 3.8) is 0 Å². The van der Waals surface area contributed by atoms with Crippen LogP contribution in [0.25, 0.3) is 5.57 Å². The predicted octanol–water partition coefficient (Wildman–Crippen LogP) is 8.74. The van der Waals surface area contributed by atoms with Gasteiger partial charge in [0.25, 0.3) is 5.91 Å². The molecular weight excluding hydrogens is 750 g/mol. The fourth-order valence-corrected chi connectivity index (χ4v) is 7.02. The van der Waals surface area contributed by atoms with Crippen LogP contribution in [-0.4, -0.2) is 75.6 Å². The van der Waals surface area contributed by atoms with Crippen LogP contribution in [0.15, 0.2) is 66.2 Å². The molecule has 2 aliphatic heterocycles. The summed E-state index contributed by atoms with van der Waals surface area (Å²) in [7, 11) is 0. The highest BCUT2D eigenvalue weighted by Crippen LogP contribution is 2.43. The molecule has 3 aromatic rings. The Morgan fingerprint density at radius 1 is 0.906 bits per heavy atom. The first-order valence-electron chi connectivity index (χ1n) is 17.9. The average molecular weight is 793 g/mol. The second-order valence-corrected chi connectivity index (χ2v) is 16.8. The van der Waals surface area contributed by atoms with Gasteiger partial charge in [0, 0.05) is 31.2 Å². The zero-order valence-electron chi connectivity index (χ0n) is 29.9. The molecule has 2 bridgehead atoms. The first-order valence-corrected chi connectivity index (χ1v) is 19.0. The van der Waals surface area contributed by atoms with Crippen LogP contribution in [0.1, 0.15) is 61.8 Å². The lowest BCUT2D eigenvalue weighted by atomic mass is 9.81. The van der Waals surface area contributed by atoms with E-state index in [0.717, 1.165) is 47.2 Å². The average Bonchev–Trinajstić information content (AvgIpc) is 3.95. The van der Waals surface area contributed by atoms with E-state index in [9.17, 15) is 22.8 Å². The summed E-state index contributed by atoms with van der Waals surface area (Å²) in [6.07, 6.45) is 3.21. The summed E-state index contributed by atoms with van der Waals surface area (Å²) >= 11 is 18.6. The third kappa shape index (κ3) is 8.93. The van der Waals surface area contributed by atoms with Crippen molar-refractivity contribution in [2.75, 3.05) is 26.2 Å². The van der Waals surface area contributed by atoms with Crippen LogP contribution in [-0.2, 0) is 22.4 Å². The number of carbonyl (C=O) groups excluding carboxylic acids is 2. The van der Waals surface area contributed by atoms with Crippen molar-refractivity contribution < 1.29 is 32.2 Å². The summed E-state index contributed by atoms with van der Waals surface area (Å²) < 4.78 is 50.7. The Morgan fingerprint density at radius 2 is 1.55 bits per heavy atom. The van der Waals surface area contributed by atoms with Crippen LogP contribution < -0.4 is 10.1 Å². The van der Waals surface area contributed by atoms with E-state index < -0.39 is 44.7 Å². The third-order valence-corrected chi connectivity index (χ3v) is 11.5. The van der Waals surface area contributed by atoms with E-state index in [4.69, 9.17) is 44.3 Å². The summed E-state index contributed by atoms with van der Waals surface area (Å²) in [5, 5.41) is 3.42. The summed E-state index contributed by atoms with van der Waals surface area (Å²) in [5.74, 6) is -4.33. The predicted molar refractivity (Wildman–Crippen MR) is 201 cm³/mol. The van der Waals surface area contributed by atoms with Crippen molar-refractivity contribution in [2.24, 2.45) is 0 Å². The third-order valence-electron chi connectivity index (χ3n) is 10.2. The van der Waals surface area contributed by atoms with Crippen LogP contribution in [0, 0.1) is 24.4 Å². The monoisotopic (exact) mass is 791 g/mol. The van der Waals surface area contributed by atoms with Gasteiger partial charge in [0.1, 0.15) is 0 Å². The van der Waals surface area contributed by atoms with Crippen molar-refractivity contribution in [3.8, 4) is 5.75 Å². The Bertz CT molecular complexity index is 1850. The molecule has 2 atom stereocenters. The minimum absolute atomic E-state index is 0.0141. The highest BCUT2D eigenvalue weighted by atomic mass is 35.6. The number of ether oxygens (including phenoxy) is 2. The molecule has 2 amide bonds. The number of hydrogen-bond acceptors (Lipinski definition) is 5. The van der Waals surface area contributed by atoms with Crippen molar-refractivity contribution >= 4 is 52.4 Å². The van der Waals surface area contributed by atoms with Crippen molar-refractivity contribution in [1.29, 1.82) is 0 Å². The molecule has 0 spiro atoms. The second kappa shape index (κ2) is 16.1. The van der Waals surface area contributed by atoms with Gasteiger partial charge in [-0.25, -0.2) is 13.6 Å². The Kier molecular flexibility index (Phi) is 11.9. The van der Waals surface area contributed by atoms with E-state index >= 15 is 0 Å². The number of carbonyl (C=O) groups is 2. The maximum Gasteiger partial charge on any atom is 0.411 e. The maximum absolute atomic E-state index is 14.9. The molecule has 0 radical (unpaired) electrons. The molecule has 1 saturated heterocycles. The van der Waals surface area contributed by atoms with Crippen LogP contribution >= 0.6 is 34.8 Å². The number of nitrogens with one attached hydrogen (secondary N) is 1. The number of benzene rings is 3. The van der Waals surface area contributed by atoms with Crippen LogP contribution in [0.4, 0.5) is 18.0 Å². The quantitative estimate of drug-likeness (QED) is 0.113. The lowest BCUT2D eigenvalue weighted by molar-refractivity contribution is -0.128. The van der Waals surface area contributed by atoms with E-state index in [1.54, 1.807) is 4.90 Å². The number of nitrogens with zero attached hydrogens (tertiary/aromatic N) is 2. The van der Waals surface area contributed by atoms with E-state index in [2.05, 4.69) is 29.6 Å². The van der Waals surface area contributed by atoms with E-state index in [1.165, 1.54) is 19.4 Å². The normalized spacial score (nSPS) is 18.9. The Hall–Kier alpha value is -3.44. The molecule has 2 fully saturated rings. The number of amides is 2. The highest BCUT2D eigenvalue weighted by Gasteiger charge is 2.50. The molecular formula is C40H43Cl3F3N3O4. The highest BCUT2D eigenvalue weighted by molar-refractivity contribution is 6.68. The van der Waals surface area contributed by atoms with Gasteiger partial charge in [-0.3, -0.25) is 9.69 Å². The maximum atomic E-state index is 14.9.